The van der Waals surface area contributed by atoms with E-state index in [-0.39, 0.29) is 15.8 Å². The Balaban J connectivity index is 0.000000320. The first-order chi connectivity index (χ1) is 18.9. The van der Waals surface area contributed by atoms with Gasteiger partial charge in [-0.1, -0.05) is 93.1 Å². The predicted molar refractivity (Wildman–Crippen MR) is 160 cm³/mol. The van der Waals surface area contributed by atoms with E-state index in [0.29, 0.717) is 0 Å². The second kappa shape index (κ2) is 16.1. The van der Waals surface area contributed by atoms with E-state index in [4.69, 9.17) is 4.74 Å². The van der Waals surface area contributed by atoms with Gasteiger partial charge in [0.05, 0.1) is 22.4 Å². The molecule has 39 heavy (non-hydrogen) atoms. The first-order valence-corrected chi connectivity index (χ1v) is 16.1. The molecule has 0 radical (unpaired) electrons. The van der Waals surface area contributed by atoms with E-state index in [1.165, 1.54) is 58.9 Å². The lowest BCUT2D eigenvalue weighted by atomic mass is 10.1. The van der Waals surface area contributed by atoms with Crippen molar-refractivity contribution in [2.24, 2.45) is 0 Å². The van der Waals surface area contributed by atoms with E-state index in [0.717, 1.165) is 24.3 Å². The van der Waals surface area contributed by atoms with Crippen LogP contribution in [0.4, 0.5) is 0 Å². The van der Waals surface area contributed by atoms with Gasteiger partial charge in [-0.05, 0) is 74.0 Å². The van der Waals surface area contributed by atoms with Crippen molar-refractivity contribution < 1.29 is 17.7 Å². The van der Waals surface area contributed by atoms with Crippen molar-refractivity contribution in [1.29, 1.82) is 0 Å². The molecule has 4 aromatic rings. The number of aryl methyl sites for hydroxylation is 1. The average molecular weight is 563 g/mol. The Morgan fingerprint density at radius 2 is 1.13 bits per heavy atom. The van der Waals surface area contributed by atoms with Crippen molar-refractivity contribution in [3.63, 3.8) is 0 Å². The number of unbranched alkanes of at least 4 members (excludes halogenated alkanes) is 5. The molecule has 0 fully saturated rings. The Labute approximate surface area is 237 Å². The highest BCUT2D eigenvalue weighted by Crippen LogP contribution is 2.31. The van der Waals surface area contributed by atoms with Gasteiger partial charge in [-0.2, -0.15) is 0 Å². The van der Waals surface area contributed by atoms with Gasteiger partial charge in [0.25, 0.3) is 0 Å². The zero-order valence-electron chi connectivity index (χ0n) is 22.8. The lowest BCUT2D eigenvalue weighted by Crippen LogP contribution is -2.04. The van der Waals surface area contributed by atoms with Crippen LogP contribution in [0.3, 0.4) is 0 Å². The van der Waals surface area contributed by atoms with Gasteiger partial charge in [0.2, 0.25) is 0 Å². The summed E-state index contributed by atoms with van der Waals surface area (Å²) in [5.74, 6) is 0.974. The van der Waals surface area contributed by atoms with Crippen LogP contribution in [0, 0.1) is 6.92 Å². The second-order valence-electron chi connectivity index (χ2n) is 9.29. The Bertz CT molecular complexity index is 1280. The normalized spacial score (nSPS) is 11.1. The van der Waals surface area contributed by atoms with Crippen molar-refractivity contribution >= 4 is 21.0 Å². The van der Waals surface area contributed by atoms with Crippen molar-refractivity contribution in [3.8, 4) is 5.75 Å². The summed E-state index contributed by atoms with van der Waals surface area (Å²) in [6.45, 7) is 4.89. The summed E-state index contributed by atoms with van der Waals surface area (Å²) in [5, 5.41) is 0. The maximum Gasteiger partial charge on any atom is 0.166 e. The molecule has 0 saturated heterocycles. The molecule has 6 heteroatoms. The SMILES string of the molecule is CCCCCCCCOc1ccc([S+](c2ccccc2)c2ccccc2)cc1.Cc1ccc(S(=O)(=O)[O-])cc1. The minimum atomic E-state index is -4.27. The molecule has 0 unspecified atom stereocenters. The Morgan fingerprint density at radius 1 is 0.641 bits per heavy atom. The van der Waals surface area contributed by atoms with E-state index < -0.39 is 10.1 Å². The minimum absolute atomic E-state index is 0.0906. The van der Waals surface area contributed by atoms with Crippen molar-refractivity contribution in [1.82, 2.24) is 0 Å². The molecule has 0 amide bonds. The molecule has 0 atom stereocenters. The van der Waals surface area contributed by atoms with E-state index >= 15 is 0 Å². The monoisotopic (exact) mass is 562 g/mol. The third-order valence-corrected chi connectivity index (χ3v) is 9.17. The summed E-state index contributed by atoms with van der Waals surface area (Å²) in [7, 11) is -4.36. The van der Waals surface area contributed by atoms with Crippen LogP contribution < -0.4 is 4.74 Å². The van der Waals surface area contributed by atoms with Crippen molar-refractivity contribution in [3.05, 3.63) is 115 Å². The summed E-state index contributed by atoms with van der Waals surface area (Å²) in [5.41, 5.74) is 0.928. The summed E-state index contributed by atoms with van der Waals surface area (Å²) in [4.78, 5) is 3.83. The van der Waals surface area contributed by atoms with Crippen LogP contribution in [0.2, 0.25) is 0 Å². The fraction of sp³-hybridized carbons (Fsp3) is 0.273. The lowest BCUT2D eigenvalue weighted by Gasteiger charge is -2.09. The fourth-order valence-corrected chi connectivity index (χ4v) is 6.52. The quantitative estimate of drug-likeness (QED) is 0.0987. The van der Waals surface area contributed by atoms with Gasteiger partial charge in [-0.3, -0.25) is 0 Å². The minimum Gasteiger partial charge on any atom is -0.744 e. The highest BCUT2D eigenvalue weighted by atomic mass is 32.2. The van der Waals surface area contributed by atoms with Crippen LogP contribution >= 0.6 is 0 Å². The molecule has 4 aromatic carbocycles. The first kappa shape index (κ1) is 30.5. The molecule has 0 aromatic heterocycles. The number of ether oxygens (including phenoxy) is 1. The van der Waals surface area contributed by atoms with E-state index in [1.807, 2.05) is 6.92 Å². The molecule has 0 aliphatic rings. The maximum absolute atomic E-state index is 10.4. The Hall–Kier alpha value is -3.06. The predicted octanol–water partition coefficient (Wildman–Crippen LogP) is 8.42. The summed E-state index contributed by atoms with van der Waals surface area (Å²) in [6, 6.07) is 36.0. The molecule has 0 spiro atoms. The molecule has 0 heterocycles. The molecule has 4 nitrogen and oxygen atoms in total. The zero-order valence-corrected chi connectivity index (χ0v) is 24.4. The van der Waals surface area contributed by atoms with Crippen LogP contribution in [-0.4, -0.2) is 19.6 Å². The van der Waals surface area contributed by atoms with Gasteiger partial charge in [0.15, 0.2) is 14.7 Å². The number of rotatable bonds is 12. The first-order valence-electron chi connectivity index (χ1n) is 13.5. The molecule has 4 rings (SSSR count). The van der Waals surface area contributed by atoms with Crippen LogP contribution in [0.15, 0.2) is 129 Å². The molecular weight excluding hydrogens is 524 g/mol. The molecular formula is C33H38O4S2. The molecule has 0 aliphatic carbocycles. The largest absolute Gasteiger partial charge is 0.744 e. The van der Waals surface area contributed by atoms with E-state index in [9.17, 15) is 13.0 Å². The topological polar surface area (TPSA) is 66.4 Å². The highest BCUT2D eigenvalue weighted by molar-refractivity contribution is 7.97. The van der Waals surface area contributed by atoms with E-state index in [1.54, 1.807) is 12.1 Å². The van der Waals surface area contributed by atoms with Crippen LogP contribution in [0.5, 0.6) is 5.75 Å². The van der Waals surface area contributed by atoms with E-state index in [2.05, 4.69) is 91.9 Å². The summed E-state index contributed by atoms with van der Waals surface area (Å²) < 4.78 is 37.1. The smallest absolute Gasteiger partial charge is 0.166 e. The third-order valence-electron chi connectivity index (χ3n) is 6.09. The van der Waals surface area contributed by atoms with Crippen LogP contribution in [-0.2, 0) is 21.0 Å². The highest BCUT2D eigenvalue weighted by Gasteiger charge is 2.28. The van der Waals surface area contributed by atoms with Crippen molar-refractivity contribution in [2.75, 3.05) is 6.61 Å². The van der Waals surface area contributed by atoms with Gasteiger partial charge in [0, 0.05) is 0 Å². The van der Waals surface area contributed by atoms with Gasteiger partial charge >= 0.3 is 0 Å². The van der Waals surface area contributed by atoms with Crippen molar-refractivity contribution in [2.45, 2.75) is 72.0 Å². The van der Waals surface area contributed by atoms with Gasteiger partial charge in [0.1, 0.15) is 15.9 Å². The fourth-order valence-electron chi connectivity index (χ4n) is 3.97. The molecule has 0 saturated carbocycles. The summed E-state index contributed by atoms with van der Waals surface area (Å²) in [6.07, 6.45) is 7.75. The summed E-state index contributed by atoms with van der Waals surface area (Å²) >= 11 is 0. The molecule has 0 aliphatic heterocycles. The number of hydrogen-bond donors (Lipinski definition) is 0. The van der Waals surface area contributed by atoms with Gasteiger partial charge in [-0.25, -0.2) is 8.42 Å². The van der Waals surface area contributed by atoms with Gasteiger partial charge < -0.3 is 9.29 Å². The average Bonchev–Trinajstić information content (AvgIpc) is 2.95. The Kier molecular flexibility index (Phi) is 12.6. The lowest BCUT2D eigenvalue weighted by molar-refractivity contribution is 0.304. The Morgan fingerprint density at radius 3 is 1.64 bits per heavy atom. The maximum atomic E-state index is 10.4. The molecule has 0 N–H and O–H groups in total. The zero-order chi connectivity index (χ0) is 27.9. The molecule has 0 bridgehead atoms. The van der Waals surface area contributed by atoms with Crippen LogP contribution in [0.1, 0.15) is 51.0 Å². The standard InChI is InChI=1S/C26H31OS.C7H8O3S/c1-2-3-4-5-6-13-22-27-23-18-20-26(21-19-23)28(24-14-9-7-10-15-24)25-16-11-8-12-17-25;1-6-2-4-7(5-3-6)11(8,9)10/h7-12,14-21H,2-6,13,22H2,1H3;2-5H,1H3,(H,8,9,10)/q+1;/p-1. The third kappa shape index (κ3) is 10.6. The number of hydrogen-bond acceptors (Lipinski definition) is 4. The molecule has 206 valence electrons. The number of benzene rings is 4. The van der Waals surface area contributed by atoms with Gasteiger partial charge in [-0.15, -0.1) is 0 Å². The van der Waals surface area contributed by atoms with Crippen LogP contribution in [0.25, 0.3) is 0 Å². The second-order valence-corrected chi connectivity index (χ2v) is 12.7.